The normalized spacial score (nSPS) is 16.5. The van der Waals surface area contributed by atoms with Gasteiger partial charge in [0, 0.05) is 12.2 Å². The summed E-state index contributed by atoms with van der Waals surface area (Å²) in [6, 6.07) is 18.8. The minimum absolute atomic E-state index is 0.648. The Morgan fingerprint density at radius 3 is 2.54 bits per heavy atom. The number of benzene rings is 2. The van der Waals surface area contributed by atoms with E-state index in [9.17, 15) is 0 Å². The minimum atomic E-state index is 0.648. The summed E-state index contributed by atoms with van der Waals surface area (Å²) in [6.07, 6.45) is 1.74. The number of hydrogen-bond donors (Lipinski definition) is 1. The lowest BCUT2D eigenvalue weighted by Crippen LogP contribution is -2.48. The first-order valence-electron chi connectivity index (χ1n) is 7.96. The molecule has 0 atom stereocenters. The Bertz CT molecular complexity index is 834. The largest absolute Gasteiger partial charge is 0.384 e. The molecular formula is C19H19N5. The van der Waals surface area contributed by atoms with E-state index in [1.54, 1.807) is 6.21 Å². The molecule has 0 unspecified atom stereocenters. The van der Waals surface area contributed by atoms with Crippen LogP contribution in [0.15, 0.2) is 76.2 Å². The van der Waals surface area contributed by atoms with Crippen molar-refractivity contribution >= 4 is 17.7 Å². The molecule has 2 aliphatic rings. The molecule has 0 bridgehead atoms. The van der Waals surface area contributed by atoms with Crippen molar-refractivity contribution in [1.29, 1.82) is 0 Å². The molecule has 2 aliphatic heterocycles. The van der Waals surface area contributed by atoms with Crippen LogP contribution in [0, 0.1) is 6.92 Å². The summed E-state index contributed by atoms with van der Waals surface area (Å²) in [6.45, 7) is 3.50. The molecule has 0 saturated heterocycles. The number of amidine groups is 1. The highest BCUT2D eigenvalue weighted by Gasteiger charge is 2.31. The van der Waals surface area contributed by atoms with Crippen LogP contribution in [0.2, 0.25) is 0 Å². The second-order valence-electron chi connectivity index (χ2n) is 6.06. The summed E-state index contributed by atoms with van der Waals surface area (Å²) >= 11 is 0. The highest BCUT2D eigenvalue weighted by atomic mass is 15.4. The van der Waals surface area contributed by atoms with Crippen LogP contribution in [0.5, 0.6) is 0 Å². The van der Waals surface area contributed by atoms with Gasteiger partial charge >= 0.3 is 0 Å². The van der Waals surface area contributed by atoms with Gasteiger partial charge in [-0.05, 0) is 24.6 Å². The van der Waals surface area contributed by atoms with E-state index in [0.29, 0.717) is 12.5 Å². The van der Waals surface area contributed by atoms with E-state index in [1.165, 1.54) is 11.1 Å². The van der Waals surface area contributed by atoms with Crippen LogP contribution in [0.25, 0.3) is 0 Å². The molecule has 0 aliphatic carbocycles. The molecule has 5 nitrogen and oxygen atoms in total. The summed E-state index contributed by atoms with van der Waals surface area (Å²) in [5.74, 6) is 1.54. The fourth-order valence-electron chi connectivity index (χ4n) is 3.00. The van der Waals surface area contributed by atoms with Gasteiger partial charge in [-0.15, -0.1) is 5.10 Å². The maximum absolute atomic E-state index is 6.40. The second kappa shape index (κ2) is 5.85. The number of nitrogens with two attached hydrogens (primary N) is 1. The van der Waals surface area contributed by atoms with Gasteiger partial charge in [0.2, 0.25) is 0 Å². The Labute approximate surface area is 141 Å². The van der Waals surface area contributed by atoms with Crippen LogP contribution in [0.1, 0.15) is 11.1 Å². The van der Waals surface area contributed by atoms with Crippen molar-refractivity contribution in [3.8, 4) is 0 Å². The molecule has 120 valence electrons. The summed E-state index contributed by atoms with van der Waals surface area (Å²) in [5.41, 5.74) is 10.8. The Morgan fingerprint density at radius 1 is 1.04 bits per heavy atom. The quantitative estimate of drug-likeness (QED) is 0.947. The number of nitrogens with zero attached hydrogens (tertiary/aromatic N) is 4. The highest BCUT2D eigenvalue weighted by Crippen LogP contribution is 2.27. The molecule has 0 spiro atoms. The third-order valence-electron chi connectivity index (χ3n) is 4.32. The van der Waals surface area contributed by atoms with Crippen LogP contribution in [0.4, 0.5) is 5.69 Å². The number of fused-ring (bicyclic) bond motifs is 1. The first-order valence-corrected chi connectivity index (χ1v) is 7.96. The van der Waals surface area contributed by atoms with Gasteiger partial charge in [-0.1, -0.05) is 48.0 Å². The lowest BCUT2D eigenvalue weighted by molar-refractivity contribution is 0.407. The molecule has 5 heteroatoms. The molecule has 0 saturated carbocycles. The first kappa shape index (κ1) is 14.5. The van der Waals surface area contributed by atoms with Crippen LogP contribution >= 0.6 is 0 Å². The molecule has 2 aromatic rings. The van der Waals surface area contributed by atoms with Gasteiger partial charge in [0.1, 0.15) is 5.82 Å². The summed E-state index contributed by atoms with van der Waals surface area (Å²) in [7, 11) is 0. The lowest BCUT2D eigenvalue weighted by Gasteiger charge is -2.38. The van der Waals surface area contributed by atoms with Gasteiger partial charge < -0.3 is 15.5 Å². The predicted molar refractivity (Wildman–Crippen MR) is 97.7 cm³/mol. The fraction of sp³-hybridized carbons (Fsp3) is 0.158. The van der Waals surface area contributed by atoms with Gasteiger partial charge in [-0.2, -0.15) is 5.10 Å². The molecule has 2 aromatic carbocycles. The van der Waals surface area contributed by atoms with E-state index < -0.39 is 0 Å². The van der Waals surface area contributed by atoms with E-state index in [1.807, 2.05) is 6.07 Å². The van der Waals surface area contributed by atoms with E-state index in [2.05, 4.69) is 75.5 Å². The summed E-state index contributed by atoms with van der Waals surface area (Å²) < 4.78 is 0. The highest BCUT2D eigenvalue weighted by molar-refractivity contribution is 6.19. The Kier molecular flexibility index (Phi) is 3.54. The van der Waals surface area contributed by atoms with Crippen molar-refractivity contribution in [2.75, 3.05) is 11.6 Å². The Hall–Kier alpha value is -3.08. The molecule has 0 amide bonds. The Morgan fingerprint density at radius 2 is 1.79 bits per heavy atom. The SMILES string of the molecule is Cc1ccc(N2CN(Cc3ccccc3)C3=NN=CC3=C2N)cc1. The molecule has 2 N–H and O–H groups in total. The zero-order chi connectivity index (χ0) is 16.5. The third-order valence-corrected chi connectivity index (χ3v) is 4.32. The van der Waals surface area contributed by atoms with Crippen molar-refractivity contribution in [3.63, 3.8) is 0 Å². The van der Waals surface area contributed by atoms with Crippen LogP contribution in [-0.2, 0) is 6.54 Å². The number of hydrogen-bond acceptors (Lipinski definition) is 5. The third kappa shape index (κ3) is 2.54. The van der Waals surface area contributed by atoms with Gasteiger partial charge in [0.15, 0.2) is 5.84 Å². The van der Waals surface area contributed by atoms with E-state index in [-0.39, 0.29) is 0 Å². The molecule has 2 heterocycles. The van der Waals surface area contributed by atoms with Gasteiger partial charge in [-0.25, -0.2) is 0 Å². The zero-order valence-corrected chi connectivity index (χ0v) is 13.6. The molecular weight excluding hydrogens is 298 g/mol. The van der Waals surface area contributed by atoms with Crippen molar-refractivity contribution in [2.24, 2.45) is 15.9 Å². The smallest absolute Gasteiger partial charge is 0.165 e. The van der Waals surface area contributed by atoms with E-state index >= 15 is 0 Å². The monoisotopic (exact) mass is 317 g/mol. The van der Waals surface area contributed by atoms with Gasteiger partial charge in [-0.3, -0.25) is 0 Å². The van der Waals surface area contributed by atoms with Crippen LogP contribution < -0.4 is 10.6 Å². The standard InChI is InChI=1S/C19H19N5/c1-14-7-9-16(10-8-14)24-13-23(12-15-5-3-2-4-6-15)19-17(18(24)20)11-21-22-19/h2-11H,12-13,20H2,1H3. The first-order chi connectivity index (χ1) is 11.7. The van der Waals surface area contributed by atoms with Crippen LogP contribution in [-0.4, -0.2) is 23.6 Å². The zero-order valence-electron chi connectivity index (χ0n) is 13.6. The van der Waals surface area contributed by atoms with Crippen molar-refractivity contribution in [3.05, 3.63) is 77.1 Å². The van der Waals surface area contributed by atoms with E-state index in [0.717, 1.165) is 23.6 Å². The molecule has 0 aromatic heterocycles. The second-order valence-corrected chi connectivity index (χ2v) is 6.06. The van der Waals surface area contributed by atoms with Crippen LogP contribution in [0.3, 0.4) is 0 Å². The van der Waals surface area contributed by atoms with Gasteiger partial charge in [0.05, 0.1) is 18.5 Å². The summed E-state index contributed by atoms with van der Waals surface area (Å²) in [4.78, 5) is 4.31. The Balaban J connectivity index is 1.69. The minimum Gasteiger partial charge on any atom is -0.384 e. The number of aryl methyl sites for hydroxylation is 1. The van der Waals surface area contributed by atoms with Crippen molar-refractivity contribution < 1.29 is 0 Å². The van der Waals surface area contributed by atoms with E-state index in [4.69, 9.17) is 5.73 Å². The molecule has 4 rings (SSSR count). The fourth-order valence-corrected chi connectivity index (χ4v) is 3.00. The average molecular weight is 317 g/mol. The average Bonchev–Trinajstić information content (AvgIpc) is 3.10. The maximum Gasteiger partial charge on any atom is 0.165 e. The predicted octanol–water partition coefficient (Wildman–Crippen LogP) is 2.84. The number of anilines is 1. The maximum atomic E-state index is 6.40. The van der Waals surface area contributed by atoms with Crippen molar-refractivity contribution in [2.45, 2.75) is 13.5 Å². The van der Waals surface area contributed by atoms with Crippen molar-refractivity contribution in [1.82, 2.24) is 4.90 Å². The molecule has 24 heavy (non-hydrogen) atoms. The lowest BCUT2D eigenvalue weighted by atomic mass is 10.1. The molecule has 0 radical (unpaired) electrons. The topological polar surface area (TPSA) is 57.2 Å². The number of rotatable bonds is 3. The summed E-state index contributed by atoms with van der Waals surface area (Å²) in [5, 5.41) is 8.34. The van der Waals surface area contributed by atoms with Gasteiger partial charge in [0.25, 0.3) is 0 Å². The molecule has 0 fully saturated rings.